The molecule has 1 aliphatic carbocycles. The minimum Gasteiger partial charge on any atom is -0.378 e. The number of morpholine rings is 1. The zero-order valence-corrected chi connectivity index (χ0v) is 11.5. The van der Waals surface area contributed by atoms with Gasteiger partial charge < -0.3 is 10.1 Å². The summed E-state index contributed by atoms with van der Waals surface area (Å²) >= 11 is 0. The number of ether oxygens (including phenoxy) is 1. The summed E-state index contributed by atoms with van der Waals surface area (Å²) in [6.07, 6.45) is 6.83. The second-order valence-electron chi connectivity index (χ2n) is 6.14. The molecule has 1 saturated carbocycles. The fourth-order valence-corrected chi connectivity index (χ4v) is 2.50. The Labute approximate surface area is 106 Å². The van der Waals surface area contributed by atoms with Crippen LogP contribution in [0.25, 0.3) is 0 Å². The summed E-state index contributed by atoms with van der Waals surface area (Å²) < 4.78 is 5.54. The van der Waals surface area contributed by atoms with Crippen LogP contribution in [-0.2, 0) is 4.74 Å². The van der Waals surface area contributed by atoms with E-state index in [0.717, 1.165) is 25.8 Å². The Morgan fingerprint density at radius 1 is 1.24 bits per heavy atom. The average molecular weight is 240 g/mol. The van der Waals surface area contributed by atoms with Crippen molar-refractivity contribution in [3.8, 4) is 0 Å². The lowest BCUT2D eigenvalue weighted by Crippen LogP contribution is -2.53. The number of hydrogen-bond acceptors (Lipinski definition) is 3. The lowest BCUT2D eigenvalue weighted by molar-refractivity contribution is -0.0513. The Kier molecular flexibility index (Phi) is 4.83. The van der Waals surface area contributed by atoms with Crippen molar-refractivity contribution in [1.82, 2.24) is 10.2 Å². The molecule has 0 unspecified atom stereocenters. The monoisotopic (exact) mass is 240 g/mol. The first-order chi connectivity index (χ1) is 8.18. The van der Waals surface area contributed by atoms with Crippen molar-refractivity contribution in [3.05, 3.63) is 0 Å². The van der Waals surface area contributed by atoms with Gasteiger partial charge in [0.25, 0.3) is 0 Å². The molecule has 2 aliphatic rings. The van der Waals surface area contributed by atoms with Gasteiger partial charge in [0.1, 0.15) is 0 Å². The molecule has 0 aromatic heterocycles. The van der Waals surface area contributed by atoms with E-state index in [-0.39, 0.29) is 5.54 Å². The molecule has 100 valence electrons. The van der Waals surface area contributed by atoms with Crippen molar-refractivity contribution in [2.75, 3.05) is 32.8 Å². The summed E-state index contributed by atoms with van der Waals surface area (Å²) in [5.41, 5.74) is 0.241. The molecule has 0 aromatic carbocycles. The Bertz CT molecular complexity index is 226. The SMILES string of the molecule is CC1(C)COCCN1CCCCCNC1CC1. The zero-order chi connectivity index (χ0) is 12.1. The van der Waals surface area contributed by atoms with Crippen molar-refractivity contribution in [1.29, 1.82) is 0 Å². The maximum Gasteiger partial charge on any atom is 0.0645 e. The molecular weight excluding hydrogens is 212 g/mol. The van der Waals surface area contributed by atoms with Crippen LogP contribution in [0.5, 0.6) is 0 Å². The van der Waals surface area contributed by atoms with Crippen LogP contribution in [0.15, 0.2) is 0 Å². The highest BCUT2D eigenvalue weighted by Gasteiger charge is 2.29. The van der Waals surface area contributed by atoms with Gasteiger partial charge in [0.2, 0.25) is 0 Å². The molecule has 2 rings (SSSR count). The van der Waals surface area contributed by atoms with Crippen molar-refractivity contribution in [2.24, 2.45) is 0 Å². The summed E-state index contributed by atoms with van der Waals surface area (Å²) in [6.45, 7) is 9.94. The highest BCUT2D eigenvalue weighted by Crippen LogP contribution is 2.20. The lowest BCUT2D eigenvalue weighted by atomic mass is 10.0. The van der Waals surface area contributed by atoms with Crippen LogP contribution in [-0.4, -0.2) is 49.3 Å². The summed E-state index contributed by atoms with van der Waals surface area (Å²) in [4.78, 5) is 2.59. The molecule has 0 spiro atoms. The molecule has 1 N–H and O–H groups in total. The topological polar surface area (TPSA) is 24.5 Å². The van der Waals surface area contributed by atoms with Gasteiger partial charge in [-0.25, -0.2) is 0 Å². The van der Waals surface area contributed by atoms with Crippen molar-refractivity contribution in [3.63, 3.8) is 0 Å². The smallest absolute Gasteiger partial charge is 0.0645 e. The van der Waals surface area contributed by atoms with Gasteiger partial charge in [-0.15, -0.1) is 0 Å². The lowest BCUT2D eigenvalue weighted by Gasteiger charge is -2.42. The first-order valence-corrected chi connectivity index (χ1v) is 7.25. The second kappa shape index (κ2) is 6.17. The molecule has 0 aromatic rings. The Balaban J connectivity index is 1.51. The molecule has 1 heterocycles. The van der Waals surface area contributed by atoms with Crippen LogP contribution in [0.2, 0.25) is 0 Å². The van der Waals surface area contributed by atoms with E-state index in [0.29, 0.717) is 0 Å². The number of nitrogens with zero attached hydrogens (tertiary/aromatic N) is 1. The molecule has 17 heavy (non-hydrogen) atoms. The molecule has 0 bridgehead atoms. The summed E-state index contributed by atoms with van der Waals surface area (Å²) in [7, 11) is 0. The van der Waals surface area contributed by atoms with E-state index in [1.807, 2.05) is 0 Å². The number of hydrogen-bond donors (Lipinski definition) is 1. The van der Waals surface area contributed by atoms with Crippen LogP contribution in [0.1, 0.15) is 46.0 Å². The van der Waals surface area contributed by atoms with E-state index < -0.39 is 0 Å². The molecule has 3 heteroatoms. The number of unbranched alkanes of at least 4 members (excludes halogenated alkanes) is 2. The molecule has 1 saturated heterocycles. The quantitative estimate of drug-likeness (QED) is 0.689. The molecular formula is C14H28N2O. The summed E-state index contributed by atoms with van der Waals surface area (Å²) in [6, 6.07) is 0.869. The van der Waals surface area contributed by atoms with Crippen molar-refractivity contribution in [2.45, 2.75) is 57.5 Å². The molecule has 3 nitrogen and oxygen atoms in total. The van der Waals surface area contributed by atoms with E-state index in [2.05, 4.69) is 24.1 Å². The van der Waals surface area contributed by atoms with Gasteiger partial charge in [-0.05, 0) is 52.6 Å². The summed E-state index contributed by atoms with van der Waals surface area (Å²) in [5.74, 6) is 0. The van der Waals surface area contributed by atoms with Gasteiger partial charge in [0, 0.05) is 18.1 Å². The maximum absolute atomic E-state index is 5.54. The predicted molar refractivity (Wildman–Crippen MR) is 71.3 cm³/mol. The third-order valence-electron chi connectivity index (χ3n) is 3.93. The fourth-order valence-electron chi connectivity index (χ4n) is 2.50. The van der Waals surface area contributed by atoms with Crippen molar-refractivity contribution < 1.29 is 4.74 Å². The number of nitrogens with one attached hydrogen (secondary N) is 1. The Hall–Kier alpha value is -0.120. The largest absolute Gasteiger partial charge is 0.378 e. The molecule has 1 aliphatic heterocycles. The van der Waals surface area contributed by atoms with E-state index >= 15 is 0 Å². The molecule has 0 atom stereocenters. The highest BCUT2D eigenvalue weighted by atomic mass is 16.5. The molecule has 2 fully saturated rings. The van der Waals surface area contributed by atoms with E-state index in [4.69, 9.17) is 4.74 Å². The first kappa shape index (κ1) is 13.3. The Morgan fingerprint density at radius 3 is 2.76 bits per heavy atom. The predicted octanol–water partition coefficient (Wildman–Crippen LogP) is 2.02. The third kappa shape index (κ3) is 4.57. The third-order valence-corrected chi connectivity index (χ3v) is 3.93. The van der Waals surface area contributed by atoms with Crippen LogP contribution in [0.4, 0.5) is 0 Å². The van der Waals surface area contributed by atoms with E-state index in [1.165, 1.54) is 45.2 Å². The fraction of sp³-hybridized carbons (Fsp3) is 1.00. The second-order valence-corrected chi connectivity index (χ2v) is 6.14. The first-order valence-electron chi connectivity index (χ1n) is 7.25. The van der Waals surface area contributed by atoms with Crippen LogP contribution in [0, 0.1) is 0 Å². The minimum atomic E-state index is 0.241. The van der Waals surface area contributed by atoms with Gasteiger partial charge in [-0.1, -0.05) is 6.42 Å². The zero-order valence-electron chi connectivity index (χ0n) is 11.5. The normalized spacial score (nSPS) is 25.1. The Morgan fingerprint density at radius 2 is 2.06 bits per heavy atom. The van der Waals surface area contributed by atoms with Crippen molar-refractivity contribution >= 4 is 0 Å². The van der Waals surface area contributed by atoms with Gasteiger partial charge in [0.05, 0.1) is 13.2 Å². The molecule has 0 radical (unpaired) electrons. The minimum absolute atomic E-state index is 0.241. The van der Waals surface area contributed by atoms with Gasteiger partial charge in [-0.2, -0.15) is 0 Å². The van der Waals surface area contributed by atoms with Crippen LogP contribution in [0.3, 0.4) is 0 Å². The highest BCUT2D eigenvalue weighted by molar-refractivity contribution is 4.84. The van der Waals surface area contributed by atoms with Gasteiger partial charge >= 0.3 is 0 Å². The number of rotatable bonds is 7. The van der Waals surface area contributed by atoms with Crippen LogP contribution >= 0.6 is 0 Å². The van der Waals surface area contributed by atoms with Gasteiger partial charge in [-0.3, -0.25) is 4.90 Å². The van der Waals surface area contributed by atoms with Gasteiger partial charge in [0.15, 0.2) is 0 Å². The molecule has 0 amide bonds. The average Bonchev–Trinajstić information content (AvgIpc) is 3.08. The van der Waals surface area contributed by atoms with E-state index in [1.54, 1.807) is 0 Å². The van der Waals surface area contributed by atoms with Crippen LogP contribution < -0.4 is 5.32 Å². The van der Waals surface area contributed by atoms with E-state index in [9.17, 15) is 0 Å². The standard InChI is InChI=1S/C14H28N2O/c1-14(2)12-17-11-10-16(14)9-5-3-4-8-15-13-6-7-13/h13,15H,3-12H2,1-2H3. The maximum atomic E-state index is 5.54. The summed E-state index contributed by atoms with van der Waals surface area (Å²) in [5, 5.41) is 3.58.